The van der Waals surface area contributed by atoms with Crippen molar-refractivity contribution < 1.29 is 0 Å². The first-order valence-corrected chi connectivity index (χ1v) is 7.66. The molecule has 0 aliphatic carbocycles. The zero-order chi connectivity index (χ0) is 15.2. The first-order valence-electron chi connectivity index (χ1n) is 7.66. The number of aromatic nitrogens is 4. The van der Waals surface area contributed by atoms with Gasteiger partial charge in [0.15, 0.2) is 0 Å². The fourth-order valence-corrected chi connectivity index (χ4v) is 3.37. The normalized spacial score (nSPS) is 11.7. The van der Waals surface area contributed by atoms with Crippen LogP contribution in [0.2, 0.25) is 0 Å². The Balaban J connectivity index is 1.91. The Labute approximate surface area is 132 Å². The van der Waals surface area contributed by atoms with Crippen LogP contribution in [-0.4, -0.2) is 19.4 Å². The van der Waals surface area contributed by atoms with Crippen molar-refractivity contribution in [3.63, 3.8) is 0 Å². The van der Waals surface area contributed by atoms with E-state index in [4.69, 9.17) is 0 Å². The molecule has 0 radical (unpaired) electrons. The zero-order valence-corrected chi connectivity index (χ0v) is 12.4. The molecule has 110 valence electrons. The minimum atomic E-state index is 0.829. The van der Waals surface area contributed by atoms with Gasteiger partial charge in [0, 0.05) is 29.0 Å². The molecular formula is C19H14N4. The summed E-state index contributed by atoms with van der Waals surface area (Å²) in [5, 5.41) is 10.7. The van der Waals surface area contributed by atoms with Crippen LogP contribution < -0.4 is 0 Å². The van der Waals surface area contributed by atoms with E-state index in [1.165, 1.54) is 27.4 Å². The van der Waals surface area contributed by atoms with Crippen LogP contribution in [-0.2, 0) is 6.54 Å². The molecule has 0 fully saturated rings. The average molecular weight is 298 g/mol. The predicted octanol–water partition coefficient (Wildman–Crippen LogP) is 3.89. The minimum absolute atomic E-state index is 0.829. The van der Waals surface area contributed by atoms with Crippen molar-refractivity contribution in [2.75, 3.05) is 0 Å². The third-order valence-corrected chi connectivity index (χ3v) is 4.39. The molecule has 0 saturated carbocycles. The van der Waals surface area contributed by atoms with Crippen molar-refractivity contribution in [1.29, 1.82) is 0 Å². The van der Waals surface area contributed by atoms with Crippen LogP contribution in [0.15, 0.2) is 73.1 Å². The summed E-state index contributed by atoms with van der Waals surface area (Å²) < 4.78 is 4.20. The van der Waals surface area contributed by atoms with E-state index in [0.29, 0.717) is 0 Å². The fraction of sp³-hybridized carbons (Fsp3) is 0.0526. The average Bonchev–Trinajstić information content (AvgIpc) is 3.19. The van der Waals surface area contributed by atoms with Crippen molar-refractivity contribution in [2.24, 2.45) is 0 Å². The van der Waals surface area contributed by atoms with Crippen LogP contribution in [0.1, 0.15) is 5.56 Å². The number of para-hydroxylation sites is 1. The first kappa shape index (κ1) is 12.4. The van der Waals surface area contributed by atoms with Gasteiger partial charge >= 0.3 is 0 Å². The van der Waals surface area contributed by atoms with Crippen molar-refractivity contribution in [1.82, 2.24) is 19.4 Å². The number of nitrogens with zero attached hydrogens (tertiary/aromatic N) is 4. The maximum atomic E-state index is 4.14. The molecule has 0 spiro atoms. The third-order valence-electron chi connectivity index (χ3n) is 4.39. The lowest BCUT2D eigenvalue weighted by Gasteiger charge is -2.08. The Hall–Kier alpha value is -3.14. The quantitative estimate of drug-likeness (QED) is 0.495. The molecule has 0 unspecified atom stereocenters. The van der Waals surface area contributed by atoms with Crippen LogP contribution in [0.5, 0.6) is 0 Å². The molecule has 0 N–H and O–H groups in total. The maximum absolute atomic E-state index is 4.14. The highest BCUT2D eigenvalue weighted by Gasteiger charge is 2.14. The van der Waals surface area contributed by atoms with E-state index >= 15 is 0 Å². The van der Waals surface area contributed by atoms with E-state index in [0.717, 1.165) is 12.1 Å². The summed E-state index contributed by atoms with van der Waals surface area (Å²) in [5.74, 6) is 0. The topological polar surface area (TPSA) is 35.1 Å². The number of fused-ring (bicyclic) bond motifs is 5. The lowest BCUT2D eigenvalue weighted by atomic mass is 10.2. The summed E-state index contributed by atoms with van der Waals surface area (Å²) in [6.45, 7) is 0.829. The zero-order valence-electron chi connectivity index (χ0n) is 12.4. The minimum Gasteiger partial charge on any atom is -0.334 e. The number of benzene rings is 2. The molecule has 4 heteroatoms. The summed E-state index contributed by atoms with van der Waals surface area (Å²) >= 11 is 0. The molecule has 23 heavy (non-hydrogen) atoms. The molecule has 2 aromatic carbocycles. The second-order valence-corrected chi connectivity index (χ2v) is 5.73. The SMILES string of the molecule is c1ccc(Cn2c3ccccc3c3ccn4nncc4c32)cc1. The Bertz CT molecular complexity index is 1140. The fourth-order valence-electron chi connectivity index (χ4n) is 3.37. The lowest BCUT2D eigenvalue weighted by Crippen LogP contribution is -2.00. The highest BCUT2D eigenvalue weighted by atomic mass is 15.4. The highest BCUT2D eigenvalue weighted by Crippen LogP contribution is 2.31. The molecule has 0 atom stereocenters. The van der Waals surface area contributed by atoms with Crippen LogP contribution in [0.25, 0.3) is 27.3 Å². The lowest BCUT2D eigenvalue weighted by molar-refractivity contribution is 0.846. The van der Waals surface area contributed by atoms with Gasteiger partial charge in [-0.1, -0.05) is 53.7 Å². The summed E-state index contributed by atoms with van der Waals surface area (Å²) in [4.78, 5) is 0. The van der Waals surface area contributed by atoms with Gasteiger partial charge in [0.25, 0.3) is 0 Å². The summed E-state index contributed by atoms with van der Waals surface area (Å²) in [5.41, 5.74) is 4.74. The van der Waals surface area contributed by atoms with Gasteiger partial charge in [-0.25, -0.2) is 4.52 Å². The molecule has 3 heterocycles. The van der Waals surface area contributed by atoms with Crippen molar-refractivity contribution in [2.45, 2.75) is 6.54 Å². The summed E-state index contributed by atoms with van der Waals surface area (Å²) in [6.07, 6.45) is 3.81. The van der Waals surface area contributed by atoms with Crippen LogP contribution in [0, 0.1) is 0 Å². The van der Waals surface area contributed by atoms with E-state index < -0.39 is 0 Å². The van der Waals surface area contributed by atoms with Gasteiger partial charge in [-0.05, 0) is 17.7 Å². The molecule has 0 amide bonds. The second-order valence-electron chi connectivity index (χ2n) is 5.73. The maximum Gasteiger partial charge on any atom is 0.111 e. The van der Waals surface area contributed by atoms with E-state index in [1.807, 2.05) is 16.9 Å². The van der Waals surface area contributed by atoms with E-state index in [-0.39, 0.29) is 0 Å². The smallest absolute Gasteiger partial charge is 0.111 e. The Kier molecular flexibility index (Phi) is 2.52. The number of hydrogen-bond acceptors (Lipinski definition) is 2. The molecule has 0 aliphatic rings. The Morgan fingerprint density at radius 1 is 0.783 bits per heavy atom. The standard InChI is InChI=1S/C19H14N4/c1-2-6-14(7-3-1)13-22-17-9-5-4-8-15(17)16-10-11-23-18(19(16)22)12-20-21-23/h1-12H,13H2. The summed E-state index contributed by atoms with van der Waals surface area (Å²) in [7, 11) is 0. The van der Waals surface area contributed by atoms with E-state index in [1.54, 1.807) is 0 Å². The van der Waals surface area contributed by atoms with Crippen molar-refractivity contribution >= 4 is 27.3 Å². The van der Waals surface area contributed by atoms with Crippen molar-refractivity contribution in [3.8, 4) is 0 Å². The molecule has 4 nitrogen and oxygen atoms in total. The van der Waals surface area contributed by atoms with Gasteiger partial charge in [0.05, 0.1) is 11.7 Å². The third kappa shape index (κ3) is 1.78. The Morgan fingerprint density at radius 2 is 1.61 bits per heavy atom. The number of rotatable bonds is 2. The molecular weight excluding hydrogens is 284 g/mol. The van der Waals surface area contributed by atoms with Gasteiger partial charge < -0.3 is 4.57 Å². The first-order chi connectivity index (χ1) is 11.4. The van der Waals surface area contributed by atoms with Crippen LogP contribution in [0.3, 0.4) is 0 Å². The van der Waals surface area contributed by atoms with Gasteiger partial charge in [-0.15, -0.1) is 5.10 Å². The second kappa shape index (κ2) is 4.68. The molecule has 5 rings (SSSR count). The highest BCUT2D eigenvalue weighted by molar-refractivity contribution is 6.12. The summed E-state index contributed by atoms with van der Waals surface area (Å²) in [6, 6.07) is 21.2. The van der Waals surface area contributed by atoms with Crippen LogP contribution in [0.4, 0.5) is 0 Å². The van der Waals surface area contributed by atoms with E-state index in [2.05, 4.69) is 75.5 Å². The van der Waals surface area contributed by atoms with Crippen LogP contribution >= 0.6 is 0 Å². The molecule has 0 aliphatic heterocycles. The molecule has 5 aromatic rings. The Morgan fingerprint density at radius 3 is 2.52 bits per heavy atom. The number of pyridine rings is 1. The predicted molar refractivity (Wildman–Crippen MR) is 91.5 cm³/mol. The molecule has 3 aromatic heterocycles. The largest absolute Gasteiger partial charge is 0.334 e. The van der Waals surface area contributed by atoms with Gasteiger partial charge in [0.1, 0.15) is 5.52 Å². The number of hydrogen-bond donors (Lipinski definition) is 0. The monoisotopic (exact) mass is 298 g/mol. The molecule has 0 bridgehead atoms. The molecule has 0 saturated heterocycles. The van der Waals surface area contributed by atoms with E-state index in [9.17, 15) is 0 Å². The van der Waals surface area contributed by atoms with Gasteiger partial charge in [-0.3, -0.25) is 0 Å². The van der Waals surface area contributed by atoms with Crippen molar-refractivity contribution in [3.05, 3.63) is 78.6 Å². The van der Waals surface area contributed by atoms with Gasteiger partial charge in [-0.2, -0.15) is 0 Å². The van der Waals surface area contributed by atoms with Gasteiger partial charge in [0.2, 0.25) is 0 Å².